The summed E-state index contributed by atoms with van der Waals surface area (Å²) in [5.74, 6) is 0.240. The smallest absolute Gasteiger partial charge is 0.221 e. The maximum Gasteiger partial charge on any atom is 0.221 e. The van der Waals surface area contributed by atoms with Gasteiger partial charge in [0.2, 0.25) is 5.95 Å². The molecule has 0 amide bonds. The Morgan fingerprint density at radius 1 is 0.792 bits per heavy atom. The van der Waals surface area contributed by atoms with Crippen LogP contribution in [0.15, 0.2) is 60.8 Å². The summed E-state index contributed by atoms with van der Waals surface area (Å²) in [5, 5.41) is 0. The molecule has 0 fully saturated rings. The van der Waals surface area contributed by atoms with Crippen LogP contribution in [0.5, 0.6) is 0 Å². The summed E-state index contributed by atoms with van der Waals surface area (Å²) < 4.78 is 0. The summed E-state index contributed by atoms with van der Waals surface area (Å²) in [6.45, 7) is 2.01. The maximum absolute atomic E-state index is 5.87. The van der Waals surface area contributed by atoms with E-state index in [0.29, 0.717) is 0 Å². The minimum atomic E-state index is 0.240. The third kappa shape index (κ3) is 2.56. The number of fused-ring (bicyclic) bond motifs is 1. The molecule has 3 heterocycles. The molecular weight excluding hydrogens is 298 g/mol. The van der Waals surface area contributed by atoms with Crippen LogP contribution in [0.25, 0.3) is 33.7 Å². The van der Waals surface area contributed by atoms with Crippen molar-refractivity contribution in [3.63, 3.8) is 0 Å². The van der Waals surface area contributed by atoms with Crippen molar-refractivity contribution < 1.29 is 0 Å². The third-order valence-corrected chi connectivity index (χ3v) is 3.78. The fourth-order valence-corrected chi connectivity index (χ4v) is 2.59. The summed E-state index contributed by atoms with van der Waals surface area (Å²) in [6.07, 6.45) is 1.83. The molecule has 0 aliphatic carbocycles. The SMILES string of the molecule is Cc1ccc(-c2ccc3nc(N)nc(-c4ccccc4)c3n2)nc1. The Hall–Kier alpha value is -3.34. The number of nitrogen functional groups attached to an aromatic ring is 1. The van der Waals surface area contributed by atoms with E-state index in [1.165, 1.54) is 0 Å². The molecule has 116 valence electrons. The van der Waals surface area contributed by atoms with Crippen molar-refractivity contribution in [2.24, 2.45) is 0 Å². The van der Waals surface area contributed by atoms with E-state index in [1.807, 2.05) is 67.7 Å². The summed E-state index contributed by atoms with van der Waals surface area (Å²) in [6, 6.07) is 17.7. The van der Waals surface area contributed by atoms with Crippen LogP contribution in [-0.2, 0) is 0 Å². The number of nitrogens with zero attached hydrogens (tertiary/aromatic N) is 4. The van der Waals surface area contributed by atoms with Gasteiger partial charge in [-0.05, 0) is 30.7 Å². The summed E-state index contributed by atoms with van der Waals surface area (Å²) in [5.41, 5.74) is 11.7. The third-order valence-electron chi connectivity index (χ3n) is 3.78. The number of pyridine rings is 2. The van der Waals surface area contributed by atoms with Gasteiger partial charge < -0.3 is 5.73 Å². The molecule has 0 saturated heterocycles. The van der Waals surface area contributed by atoms with Crippen molar-refractivity contribution in [3.8, 4) is 22.6 Å². The number of benzene rings is 1. The predicted molar refractivity (Wildman–Crippen MR) is 95.1 cm³/mol. The Morgan fingerprint density at radius 2 is 1.58 bits per heavy atom. The van der Waals surface area contributed by atoms with Gasteiger partial charge >= 0.3 is 0 Å². The van der Waals surface area contributed by atoms with Gasteiger partial charge in [-0.25, -0.2) is 15.0 Å². The number of hydrogen-bond donors (Lipinski definition) is 1. The molecular formula is C19H15N5. The molecule has 1 aromatic carbocycles. The second kappa shape index (κ2) is 5.70. The van der Waals surface area contributed by atoms with Gasteiger partial charge in [-0.3, -0.25) is 4.98 Å². The molecule has 0 atom stereocenters. The average Bonchev–Trinajstić information content (AvgIpc) is 2.62. The lowest BCUT2D eigenvalue weighted by Gasteiger charge is -2.08. The van der Waals surface area contributed by atoms with Crippen LogP contribution in [0.2, 0.25) is 0 Å². The number of aryl methyl sites for hydroxylation is 1. The first-order chi connectivity index (χ1) is 11.7. The molecule has 4 rings (SSSR count). The number of anilines is 1. The number of rotatable bonds is 2. The molecule has 0 spiro atoms. The first-order valence-corrected chi connectivity index (χ1v) is 7.63. The number of nitrogens with two attached hydrogens (primary N) is 1. The van der Waals surface area contributed by atoms with E-state index in [2.05, 4.69) is 15.0 Å². The Labute approximate surface area is 139 Å². The lowest BCUT2D eigenvalue weighted by molar-refractivity contribution is 1.20. The van der Waals surface area contributed by atoms with Crippen molar-refractivity contribution in [2.75, 3.05) is 5.73 Å². The van der Waals surface area contributed by atoms with Gasteiger partial charge in [-0.15, -0.1) is 0 Å². The molecule has 0 bridgehead atoms. The number of aromatic nitrogens is 4. The van der Waals surface area contributed by atoms with E-state index in [4.69, 9.17) is 10.7 Å². The van der Waals surface area contributed by atoms with Gasteiger partial charge in [-0.2, -0.15) is 0 Å². The highest BCUT2D eigenvalue weighted by Crippen LogP contribution is 2.27. The van der Waals surface area contributed by atoms with Crippen LogP contribution in [0.3, 0.4) is 0 Å². The van der Waals surface area contributed by atoms with Crippen molar-refractivity contribution in [3.05, 3.63) is 66.4 Å². The summed E-state index contributed by atoms with van der Waals surface area (Å²) in [7, 11) is 0. The monoisotopic (exact) mass is 313 g/mol. The molecule has 5 heteroatoms. The average molecular weight is 313 g/mol. The summed E-state index contributed by atoms with van der Waals surface area (Å²) >= 11 is 0. The molecule has 24 heavy (non-hydrogen) atoms. The first kappa shape index (κ1) is 14.3. The van der Waals surface area contributed by atoms with Crippen molar-refractivity contribution in [2.45, 2.75) is 6.92 Å². The lowest BCUT2D eigenvalue weighted by Crippen LogP contribution is -2.00. The molecule has 0 radical (unpaired) electrons. The van der Waals surface area contributed by atoms with Crippen molar-refractivity contribution in [1.82, 2.24) is 19.9 Å². The van der Waals surface area contributed by atoms with Crippen LogP contribution in [0.1, 0.15) is 5.56 Å². The first-order valence-electron chi connectivity index (χ1n) is 7.63. The molecule has 0 unspecified atom stereocenters. The summed E-state index contributed by atoms with van der Waals surface area (Å²) in [4.78, 5) is 17.9. The second-order valence-corrected chi connectivity index (χ2v) is 5.58. The Bertz CT molecular complexity index is 1010. The van der Waals surface area contributed by atoms with Crippen LogP contribution in [-0.4, -0.2) is 19.9 Å². The highest BCUT2D eigenvalue weighted by Gasteiger charge is 2.12. The maximum atomic E-state index is 5.87. The van der Waals surface area contributed by atoms with E-state index in [1.54, 1.807) is 0 Å². The molecule has 4 aromatic rings. The largest absolute Gasteiger partial charge is 0.368 e. The van der Waals surface area contributed by atoms with Crippen LogP contribution in [0, 0.1) is 6.92 Å². The zero-order valence-electron chi connectivity index (χ0n) is 13.1. The van der Waals surface area contributed by atoms with E-state index in [-0.39, 0.29) is 5.95 Å². The van der Waals surface area contributed by atoms with E-state index >= 15 is 0 Å². The second-order valence-electron chi connectivity index (χ2n) is 5.58. The Morgan fingerprint density at radius 3 is 2.33 bits per heavy atom. The highest BCUT2D eigenvalue weighted by molar-refractivity contribution is 5.91. The van der Waals surface area contributed by atoms with Crippen LogP contribution in [0.4, 0.5) is 5.95 Å². The van der Waals surface area contributed by atoms with E-state index in [9.17, 15) is 0 Å². The molecule has 0 saturated carbocycles. The van der Waals surface area contributed by atoms with Gasteiger partial charge in [0.25, 0.3) is 0 Å². The quantitative estimate of drug-likeness (QED) is 0.611. The molecule has 2 N–H and O–H groups in total. The zero-order valence-corrected chi connectivity index (χ0v) is 13.1. The van der Waals surface area contributed by atoms with Gasteiger partial charge in [0.05, 0.1) is 16.9 Å². The molecule has 0 aliphatic heterocycles. The molecule has 5 nitrogen and oxygen atoms in total. The van der Waals surface area contributed by atoms with Gasteiger partial charge in [0.15, 0.2) is 0 Å². The standard InChI is InChI=1S/C19H15N5/c1-12-7-8-14(21-11-12)15-9-10-16-18(22-15)17(24-19(20)23-16)13-5-3-2-4-6-13/h2-11H,1H3,(H2,20,23,24). The predicted octanol–water partition coefficient (Wildman–Crippen LogP) is 3.64. The zero-order chi connectivity index (χ0) is 16.5. The molecule has 3 aromatic heterocycles. The number of hydrogen-bond acceptors (Lipinski definition) is 5. The molecule has 0 aliphatic rings. The van der Waals surface area contributed by atoms with Crippen LogP contribution < -0.4 is 5.73 Å². The normalized spacial score (nSPS) is 10.9. The fraction of sp³-hybridized carbons (Fsp3) is 0.0526. The van der Waals surface area contributed by atoms with Crippen LogP contribution >= 0.6 is 0 Å². The van der Waals surface area contributed by atoms with E-state index < -0.39 is 0 Å². The Kier molecular flexibility index (Phi) is 3.39. The lowest BCUT2D eigenvalue weighted by atomic mass is 10.1. The van der Waals surface area contributed by atoms with Crippen molar-refractivity contribution in [1.29, 1.82) is 0 Å². The topological polar surface area (TPSA) is 77.6 Å². The van der Waals surface area contributed by atoms with Gasteiger partial charge in [-0.1, -0.05) is 36.4 Å². The van der Waals surface area contributed by atoms with E-state index in [0.717, 1.165) is 39.2 Å². The fourth-order valence-electron chi connectivity index (χ4n) is 2.59. The Balaban J connectivity index is 1.95. The highest BCUT2D eigenvalue weighted by atomic mass is 15.0. The van der Waals surface area contributed by atoms with Gasteiger partial charge in [0.1, 0.15) is 11.2 Å². The van der Waals surface area contributed by atoms with Gasteiger partial charge in [0, 0.05) is 11.8 Å². The minimum Gasteiger partial charge on any atom is -0.368 e. The minimum absolute atomic E-state index is 0.240. The van der Waals surface area contributed by atoms with Crippen molar-refractivity contribution >= 4 is 17.0 Å².